The number of nitrogens with zero attached hydrogens (tertiary/aromatic N) is 4. The molecule has 2 aromatic carbocycles. The maximum Gasteiger partial charge on any atom is 0.263 e. The van der Waals surface area contributed by atoms with Crippen molar-refractivity contribution in [2.75, 3.05) is 4.90 Å². The van der Waals surface area contributed by atoms with E-state index < -0.39 is 12.1 Å². The highest BCUT2D eigenvalue weighted by molar-refractivity contribution is 6.25. The molecular formula is C20H20N4O2. The van der Waals surface area contributed by atoms with Gasteiger partial charge in [-0.15, -0.1) is 0 Å². The third kappa shape index (κ3) is 2.67. The summed E-state index contributed by atoms with van der Waals surface area (Å²) >= 11 is 0. The molecule has 1 fully saturated rings. The van der Waals surface area contributed by atoms with E-state index in [9.17, 15) is 9.59 Å². The number of imide groups is 1. The second-order valence-electron chi connectivity index (χ2n) is 6.71. The van der Waals surface area contributed by atoms with Crippen LogP contribution in [0, 0.1) is 6.92 Å². The van der Waals surface area contributed by atoms with Crippen molar-refractivity contribution in [1.82, 2.24) is 5.01 Å². The second kappa shape index (κ2) is 6.37. The Hall–Kier alpha value is -3.02. The molecule has 0 saturated carbocycles. The van der Waals surface area contributed by atoms with E-state index in [4.69, 9.17) is 0 Å². The predicted molar refractivity (Wildman–Crippen MR) is 97.5 cm³/mol. The number of aryl methyl sites for hydroxylation is 2. The summed E-state index contributed by atoms with van der Waals surface area (Å²) < 4.78 is 0. The van der Waals surface area contributed by atoms with Gasteiger partial charge in [0.1, 0.15) is 0 Å². The van der Waals surface area contributed by atoms with Gasteiger partial charge in [0.15, 0.2) is 12.1 Å². The van der Waals surface area contributed by atoms with Crippen molar-refractivity contribution in [3.8, 4) is 0 Å². The molecule has 1 saturated heterocycles. The third-order valence-electron chi connectivity index (χ3n) is 4.89. The van der Waals surface area contributed by atoms with Gasteiger partial charge in [0.05, 0.1) is 12.2 Å². The Morgan fingerprint density at radius 3 is 2.46 bits per heavy atom. The Morgan fingerprint density at radius 2 is 1.77 bits per heavy atom. The van der Waals surface area contributed by atoms with E-state index in [0.717, 1.165) is 23.1 Å². The Bertz CT molecular complexity index is 891. The zero-order chi connectivity index (χ0) is 18.3. The zero-order valence-electron chi connectivity index (χ0n) is 14.8. The van der Waals surface area contributed by atoms with Crippen LogP contribution in [0.3, 0.4) is 0 Å². The summed E-state index contributed by atoms with van der Waals surface area (Å²) in [6.07, 6.45) is 0.909. The number of hydrogen-bond acceptors (Lipinski definition) is 5. The minimum atomic E-state index is -0.752. The van der Waals surface area contributed by atoms with Crippen LogP contribution in [-0.2, 0) is 22.6 Å². The van der Waals surface area contributed by atoms with Crippen LogP contribution in [-0.4, -0.2) is 28.9 Å². The first-order valence-electron chi connectivity index (χ1n) is 8.78. The molecule has 0 aromatic heterocycles. The maximum atomic E-state index is 13.0. The van der Waals surface area contributed by atoms with E-state index in [0.29, 0.717) is 12.2 Å². The molecule has 2 aliphatic heterocycles. The molecule has 2 aliphatic rings. The van der Waals surface area contributed by atoms with E-state index in [1.807, 2.05) is 55.5 Å². The van der Waals surface area contributed by atoms with Crippen LogP contribution in [0.2, 0.25) is 0 Å². The van der Waals surface area contributed by atoms with Gasteiger partial charge in [0, 0.05) is 0 Å². The van der Waals surface area contributed by atoms with Crippen molar-refractivity contribution < 1.29 is 9.59 Å². The standard InChI is InChI=1S/C20H20N4O2/c1-3-14-7-9-16(10-8-14)24-19(25)17-18(20(24)26)23(22-21-17)12-15-6-4-5-13(2)11-15/h4-11,17-18H,3,12H2,1-2H3/t17-,18+/m0/s1. The third-order valence-corrected chi connectivity index (χ3v) is 4.89. The van der Waals surface area contributed by atoms with E-state index in [-0.39, 0.29) is 11.8 Å². The maximum absolute atomic E-state index is 13.0. The molecule has 26 heavy (non-hydrogen) atoms. The van der Waals surface area contributed by atoms with Crippen molar-refractivity contribution in [3.05, 3.63) is 65.2 Å². The van der Waals surface area contributed by atoms with Crippen molar-refractivity contribution >= 4 is 17.5 Å². The Balaban J connectivity index is 1.58. The van der Waals surface area contributed by atoms with Gasteiger partial charge in [-0.2, -0.15) is 5.11 Å². The van der Waals surface area contributed by atoms with E-state index >= 15 is 0 Å². The van der Waals surface area contributed by atoms with Crippen molar-refractivity contribution in [2.45, 2.75) is 38.9 Å². The number of rotatable bonds is 4. The lowest BCUT2D eigenvalue weighted by Gasteiger charge is -2.21. The SMILES string of the molecule is CCc1ccc(N2C(=O)[C@H]3N=NN(Cc4cccc(C)c4)[C@H]3C2=O)cc1. The predicted octanol–water partition coefficient (Wildman–Crippen LogP) is 3.05. The van der Waals surface area contributed by atoms with Crippen LogP contribution in [0.15, 0.2) is 58.9 Å². The summed E-state index contributed by atoms with van der Waals surface area (Å²) in [6.45, 7) is 4.53. The number of benzene rings is 2. The van der Waals surface area contributed by atoms with Gasteiger partial charge in [-0.25, -0.2) is 4.90 Å². The van der Waals surface area contributed by atoms with Crippen LogP contribution in [0.25, 0.3) is 0 Å². The normalized spacial score (nSPS) is 21.6. The molecule has 2 heterocycles. The molecule has 0 radical (unpaired) electrons. The van der Waals surface area contributed by atoms with Crippen LogP contribution >= 0.6 is 0 Å². The highest BCUT2D eigenvalue weighted by Gasteiger charge is 2.54. The highest BCUT2D eigenvalue weighted by atomic mass is 16.2. The van der Waals surface area contributed by atoms with Crippen LogP contribution in [0.1, 0.15) is 23.6 Å². The molecule has 6 heteroatoms. The summed E-state index contributed by atoms with van der Waals surface area (Å²) in [5, 5.41) is 9.79. The molecule has 4 rings (SSSR count). The fourth-order valence-corrected chi connectivity index (χ4v) is 3.49. The molecule has 0 N–H and O–H groups in total. The first-order chi connectivity index (χ1) is 12.6. The lowest BCUT2D eigenvalue weighted by molar-refractivity contribution is -0.123. The topological polar surface area (TPSA) is 65.3 Å². The number of carbonyl (C=O) groups excluding carboxylic acids is 2. The number of fused-ring (bicyclic) bond motifs is 1. The van der Waals surface area contributed by atoms with E-state index in [1.54, 1.807) is 5.01 Å². The zero-order valence-corrected chi connectivity index (χ0v) is 14.8. The van der Waals surface area contributed by atoms with Crippen molar-refractivity contribution in [3.63, 3.8) is 0 Å². The van der Waals surface area contributed by atoms with Gasteiger partial charge in [0.25, 0.3) is 11.8 Å². The summed E-state index contributed by atoms with van der Waals surface area (Å²) in [5.41, 5.74) is 3.93. The molecule has 2 aromatic rings. The van der Waals surface area contributed by atoms with Gasteiger partial charge in [0.2, 0.25) is 0 Å². The first kappa shape index (κ1) is 16.4. The molecule has 0 spiro atoms. The molecular weight excluding hydrogens is 328 g/mol. The molecule has 0 aliphatic carbocycles. The molecule has 2 amide bonds. The fraction of sp³-hybridized carbons (Fsp3) is 0.300. The number of amides is 2. The molecule has 0 bridgehead atoms. The Labute approximate surface area is 152 Å². The Kier molecular flexibility index (Phi) is 4.03. The smallest absolute Gasteiger partial charge is 0.263 e. The van der Waals surface area contributed by atoms with Gasteiger partial charge >= 0.3 is 0 Å². The summed E-state index contributed by atoms with van der Waals surface area (Å²) in [7, 11) is 0. The quantitative estimate of drug-likeness (QED) is 0.798. The highest BCUT2D eigenvalue weighted by Crippen LogP contribution is 2.32. The van der Waals surface area contributed by atoms with Crippen LogP contribution < -0.4 is 4.90 Å². The molecule has 132 valence electrons. The lowest BCUT2D eigenvalue weighted by atomic mass is 10.1. The average Bonchev–Trinajstić information content (AvgIpc) is 3.16. The van der Waals surface area contributed by atoms with E-state index in [1.165, 1.54) is 4.90 Å². The lowest BCUT2D eigenvalue weighted by Crippen LogP contribution is -2.39. The molecule has 6 nitrogen and oxygen atoms in total. The van der Waals surface area contributed by atoms with Gasteiger partial charge < -0.3 is 0 Å². The van der Waals surface area contributed by atoms with E-state index in [2.05, 4.69) is 17.3 Å². The monoisotopic (exact) mass is 348 g/mol. The van der Waals surface area contributed by atoms with Gasteiger partial charge in [-0.05, 0) is 36.6 Å². The Morgan fingerprint density at radius 1 is 1.00 bits per heavy atom. The number of anilines is 1. The van der Waals surface area contributed by atoms with Gasteiger partial charge in [-0.1, -0.05) is 54.1 Å². The number of carbonyl (C=O) groups is 2. The largest absolute Gasteiger partial charge is 0.271 e. The van der Waals surface area contributed by atoms with Crippen LogP contribution in [0.5, 0.6) is 0 Å². The number of hydrogen-bond donors (Lipinski definition) is 0. The fourth-order valence-electron chi connectivity index (χ4n) is 3.49. The summed E-state index contributed by atoms with van der Waals surface area (Å²) in [5.74, 6) is -0.568. The molecule has 2 atom stereocenters. The first-order valence-corrected chi connectivity index (χ1v) is 8.78. The minimum Gasteiger partial charge on any atom is -0.271 e. The minimum absolute atomic E-state index is 0.262. The summed E-state index contributed by atoms with van der Waals surface area (Å²) in [6, 6.07) is 14.1. The summed E-state index contributed by atoms with van der Waals surface area (Å²) in [4.78, 5) is 26.9. The second-order valence-corrected chi connectivity index (χ2v) is 6.71. The average molecular weight is 348 g/mol. The van der Waals surface area contributed by atoms with Gasteiger partial charge in [-0.3, -0.25) is 14.6 Å². The molecule has 0 unspecified atom stereocenters. The van der Waals surface area contributed by atoms with Crippen molar-refractivity contribution in [1.29, 1.82) is 0 Å². The van der Waals surface area contributed by atoms with Crippen molar-refractivity contribution in [2.24, 2.45) is 10.3 Å². The van der Waals surface area contributed by atoms with Crippen LogP contribution in [0.4, 0.5) is 5.69 Å².